The van der Waals surface area contributed by atoms with Crippen LogP contribution in [-0.4, -0.2) is 13.4 Å². The Bertz CT molecular complexity index is 579. The second-order valence-electron chi connectivity index (χ2n) is 2.97. The summed E-state index contributed by atoms with van der Waals surface area (Å²) in [5.41, 5.74) is 5.51. The van der Waals surface area contributed by atoms with Gasteiger partial charge in [0.1, 0.15) is 15.7 Å². The van der Waals surface area contributed by atoms with Crippen molar-refractivity contribution in [2.75, 3.05) is 10.5 Å². The predicted molar refractivity (Wildman–Crippen MR) is 63.8 cm³/mol. The van der Waals surface area contributed by atoms with Gasteiger partial charge in [-0.25, -0.2) is 13.4 Å². The molecule has 84 valence electrons. The fraction of sp³-hybridized carbons (Fsp3) is 0. The molecule has 0 saturated heterocycles. The quantitative estimate of drug-likeness (QED) is 0.871. The summed E-state index contributed by atoms with van der Waals surface area (Å²) in [6.45, 7) is 0. The van der Waals surface area contributed by atoms with Crippen LogP contribution in [0.5, 0.6) is 0 Å². The minimum atomic E-state index is -3.64. The zero-order valence-electron chi connectivity index (χ0n) is 8.12. The fourth-order valence-electron chi connectivity index (χ4n) is 1.15. The van der Waals surface area contributed by atoms with Gasteiger partial charge in [-0.15, -0.1) is 11.3 Å². The molecule has 2 heterocycles. The van der Waals surface area contributed by atoms with Crippen LogP contribution < -0.4 is 10.5 Å². The van der Waals surface area contributed by atoms with Crippen molar-refractivity contribution in [3.8, 4) is 0 Å². The van der Waals surface area contributed by atoms with Crippen LogP contribution in [-0.2, 0) is 10.0 Å². The Hall–Kier alpha value is -1.60. The monoisotopic (exact) mass is 255 g/mol. The molecule has 0 aliphatic heterocycles. The van der Waals surface area contributed by atoms with E-state index in [1.54, 1.807) is 17.5 Å². The molecule has 0 aliphatic carbocycles. The maximum atomic E-state index is 11.9. The summed E-state index contributed by atoms with van der Waals surface area (Å²) >= 11 is 1.30. The lowest BCUT2D eigenvalue weighted by Crippen LogP contribution is -2.14. The van der Waals surface area contributed by atoms with Crippen LogP contribution in [0.3, 0.4) is 0 Å². The molecule has 0 aliphatic rings. The summed E-state index contributed by atoms with van der Waals surface area (Å²) in [5.74, 6) is -0.00782. The SMILES string of the molecule is Nc1ncccc1S(=O)(=O)Nc1cccs1. The highest BCUT2D eigenvalue weighted by molar-refractivity contribution is 7.93. The van der Waals surface area contributed by atoms with Crippen LogP contribution in [0.2, 0.25) is 0 Å². The van der Waals surface area contributed by atoms with Gasteiger partial charge < -0.3 is 5.73 Å². The number of rotatable bonds is 3. The van der Waals surface area contributed by atoms with E-state index in [2.05, 4.69) is 9.71 Å². The number of nitrogen functional groups attached to an aromatic ring is 1. The molecule has 2 aromatic heterocycles. The van der Waals surface area contributed by atoms with Gasteiger partial charge in [0.05, 0.1) is 0 Å². The van der Waals surface area contributed by atoms with Crippen molar-refractivity contribution in [1.82, 2.24) is 4.98 Å². The largest absolute Gasteiger partial charge is 0.383 e. The third kappa shape index (κ3) is 2.15. The molecule has 2 aromatic rings. The average molecular weight is 255 g/mol. The van der Waals surface area contributed by atoms with E-state index in [1.807, 2.05) is 0 Å². The normalized spacial score (nSPS) is 11.2. The number of aromatic nitrogens is 1. The van der Waals surface area contributed by atoms with Gasteiger partial charge in [0.15, 0.2) is 0 Å². The first-order valence-electron chi connectivity index (χ1n) is 4.36. The van der Waals surface area contributed by atoms with Gasteiger partial charge >= 0.3 is 0 Å². The summed E-state index contributed by atoms with van der Waals surface area (Å²) in [4.78, 5) is 3.73. The number of anilines is 2. The molecule has 0 saturated carbocycles. The van der Waals surface area contributed by atoms with E-state index in [4.69, 9.17) is 5.73 Å². The molecule has 0 bridgehead atoms. The van der Waals surface area contributed by atoms with Crippen molar-refractivity contribution in [2.24, 2.45) is 0 Å². The van der Waals surface area contributed by atoms with Crippen LogP contribution in [0.4, 0.5) is 10.8 Å². The summed E-state index contributed by atoms with van der Waals surface area (Å²) in [7, 11) is -3.64. The van der Waals surface area contributed by atoms with E-state index < -0.39 is 10.0 Å². The van der Waals surface area contributed by atoms with Crippen molar-refractivity contribution in [1.29, 1.82) is 0 Å². The number of pyridine rings is 1. The smallest absolute Gasteiger partial charge is 0.266 e. The van der Waals surface area contributed by atoms with Crippen LogP contribution >= 0.6 is 11.3 Å². The highest BCUT2D eigenvalue weighted by atomic mass is 32.2. The second kappa shape index (κ2) is 4.11. The lowest BCUT2D eigenvalue weighted by molar-refractivity contribution is 0.601. The number of hydrogen-bond acceptors (Lipinski definition) is 5. The van der Waals surface area contributed by atoms with Gasteiger partial charge in [0, 0.05) is 6.20 Å². The summed E-state index contributed by atoms with van der Waals surface area (Å²) in [6, 6.07) is 6.38. The van der Waals surface area contributed by atoms with Crippen LogP contribution in [0.1, 0.15) is 0 Å². The first-order valence-corrected chi connectivity index (χ1v) is 6.73. The van der Waals surface area contributed by atoms with E-state index >= 15 is 0 Å². The van der Waals surface area contributed by atoms with Gasteiger partial charge in [-0.05, 0) is 29.6 Å². The Morgan fingerprint density at radius 2 is 2.12 bits per heavy atom. The molecule has 0 spiro atoms. The Morgan fingerprint density at radius 3 is 2.75 bits per heavy atom. The molecular formula is C9H9N3O2S2. The minimum Gasteiger partial charge on any atom is -0.383 e. The highest BCUT2D eigenvalue weighted by Crippen LogP contribution is 2.22. The van der Waals surface area contributed by atoms with Gasteiger partial charge in [-0.2, -0.15) is 0 Å². The van der Waals surface area contributed by atoms with Crippen LogP contribution in [0.25, 0.3) is 0 Å². The fourth-order valence-corrected chi connectivity index (χ4v) is 3.17. The number of thiophene rings is 1. The zero-order chi connectivity index (χ0) is 11.6. The Kier molecular flexibility index (Phi) is 2.80. The molecule has 2 rings (SSSR count). The van der Waals surface area contributed by atoms with Crippen molar-refractivity contribution >= 4 is 32.2 Å². The standard InChI is InChI=1S/C9H9N3O2S2/c10-9-7(3-1-5-11-9)16(13,14)12-8-4-2-6-15-8/h1-6,12H,(H2,10,11). The number of nitrogens with zero attached hydrogens (tertiary/aromatic N) is 1. The van der Waals surface area contributed by atoms with Crippen LogP contribution in [0.15, 0.2) is 40.7 Å². The first kappa shape index (κ1) is 10.9. The molecular weight excluding hydrogens is 246 g/mol. The topological polar surface area (TPSA) is 85.1 Å². The molecule has 0 atom stereocenters. The van der Waals surface area contributed by atoms with Gasteiger partial charge in [0.25, 0.3) is 10.0 Å². The van der Waals surface area contributed by atoms with E-state index in [0.29, 0.717) is 5.00 Å². The minimum absolute atomic E-state index is 0.00782. The van der Waals surface area contributed by atoms with E-state index in [1.165, 1.54) is 29.7 Å². The number of hydrogen-bond donors (Lipinski definition) is 2. The van der Waals surface area contributed by atoms with E-state index in [-0.39, 0.29) is 10.7 Å². The molecule has 0 aromatic carbocycles. The lowest BCUT2D eigenvalue weighted by atomic mass is 10.5. The number of nitrogens with two attached hydrogens (primary N) is 1. The van der Waals surface area contributed by atoms with Gasteiger partial charge in [-0.3, -0.25) is 4.72 Å². The maximum absolute atomic E-state index is 11.9. The van der Waals surface area contributed by atoms with Crippen LogP contribution in [0, 0.1) is 0 Å². The van der Waals surface area contributed by atoms with Crippen molar-refractivity contribution in [2.45, 2.75) is 4.90 Å². The zero-order valence-corrected chi connectivity index (χ0v) is 9.75. The summed E-state index contributed by atoms with van der Waals surface area (Å²) in [6.07, 6.45) is 1.44. The highest BCUT2D eigenvalue weighted by Gasteiger charge is 2.17. The van der Waals surface area contributed by atoms with E-state index in [9.17, 15) is 8.42 Å². The van der Waals surface area contributed by atoms with Crippen molar-refractivity contribution in [3.63, 3.8) is 0 Å². The third-order valence-corrected chi connectivity index (χ3v) is 4.17. The Morgan fingerprint density at radius 1 is 1.31 bits per heavy atom. The van der Waals surface area contributed by atoms with Gasteiger partial charge in [0.2, 0.25) is 0 Å². The molecule has 0 amide bonds. The molecule has 3 N–H and O–H groups in total. The lowest BCUT2D eigenvalue weighted by Gasteiger charge is -2.06. The maximum Gasteiger partial charge on any atom is 0.266 e. The average Bonchev–Trinajstić information content (AvgIpc) is 2.70. The molecule has 0 fully saturated rings. The summed E-state index contributed by atoms with van der Waals surface area (Å²) < 4.78 is 26.2. The molecule has 16 heavy (non-hydrogen) atoms. The second-order valence-corrected chi connectivity index (χ2v) is 5.57. The number of nitrogens with one attached hydrogen (secondary N) is 1. The Balaban J connectivity index is 2.37. The van der Waals surface area contributed by atoms with Crippen molar-refractivity contribution in [3.05, 3.63) is 35.8 Å². The molecule has 0 unspecified atom stereocenters. The van der Waals surface area contributed by atoms with E-state index in [0.717, 1.165) is 0 Å². The number of sulfonamides is 1. The van der Waals surface area contributed by atoms with Crippen molar-refractivity contribution < 1.29 is 8.42 Å². The first-order chi connectivity index (χ1) is 7.59. The molecule has 5 nitrogen and oxygen atoms in total. The summed E-state index contributed by atoms with van der Waals surface area (Å²) in [5, 5.41) is 2.33. The third-order valence-electron chi connectivity index (χ3n) is 1.85. The van der Waals surface area contributed by atoms with Gasteiger partial charge in [-0.1, -0.05) is 0 Å². The molecule has 0 radical (unpaired) electrons. The predicted octanol–water partition coefficient (Wildman–Crippen LogP) is 1.53. The Labute approximate surface area is 97.0 Å². The molecule has 7 heteroatoms.